The Balaban J connectivity index is 1.36. The number of benzene rings is 2. The van der Waals surface area contributed by atoms with Gasteiger partial charge in [-0.2, -0.15) is 0 Å². The van der Waals surface area contributed by atoms with Crippen molar-refractivity contribution in [2.45, 2.75) is 18.6 Å². The summed E-state index contributed by atoms with van der Waals surface area (Å²) in [5.41, 5.74) is 1.12. The minimum atomic E-state index is -0.751. The lowest BCUT2D eigenvalue weighted by molar-refractivity contribution is -0.0245. The molecule has 2 aromatic carbocycles. The van der Waals surface area contributed by atoms with Crippen molar-refractivity contribution >= 4 is 22.7 Å². The van der Waals surface area contributed by atoms with Gasteiger partial charge in [0.25, 0.3) is 11.8 Å². The summed E-state index contributed by atoms with van der Waals surface area (Å²) >= 11 is 0. The normalized spacial score (nSPS) is 17.7. The van der Waals surface area contributed by atoms with Gasteiger partial charge in [-0.15, -0.1) is 0 Å². The standard InChI is InChI=1S/C22H19N3O3/c26-20-16-7-1-2-9-18(16)28-22(24-20)10-13-25(14-11-22)21(27)17-8-3-5-15-6-4-12-23-19(15)17/h1-9,12H,10-11,13-14H2,(H,24,26). The molecule has 0 bridgehead atoms. The highest BCUT2D eigenvalue weighted by Crippen LogP contribution is 2.33. The number of para-hydroxylation sites is 2. The van der Waals surface area contributed by atoms with Crippen LogP contribution >= 0.6 is 0 Å². The number of amides is 2. The van der Waals surface area contributed by atoms with E-state index in [0.29, 0.717) is 48.3 Å². The van der Waals surface area contributed by atoms with Gasteiger partial charge in [0.2, 0.25) is 0 Å². The minimum absolute atomic E-state index is 0.0401. The summed E-state index contributed by atoms with van der Waals surface area (Å²) in [6.45, 7) is 1.01. The Labute approximate surface area is 162 Å². The molecule has 3 aromatic rings. The van der Waals surface area contributed by atoms with Crippen LogP contribution in [0.25, 0.3) is 10.9 Å². The Morgan fingerprint density at radius 3 is 2.68 bits per heavy atom. The van der Waals surface area contributed by atoms with Crippen molar-refractivity contribution in [3.8, 4) is 5.75 Å². The summed E-state index contributed by atoms with van der Waals surface area (Å²) in [6.07, 6.45) is 2.78. The maximum Gasteiger partial charge on any atom is 0.258 e. The van der Waals surface area contributed by atoms with Crippen LogP contribution in [-0.4, -0.2) is 40.5 Å². The molecule has 140 valence electrons. The highest BCUT2D eigenvalue weighted by molar-refractivity contribution is 6.05. The van der Waals surface area contributed by atoms with Crippen molar-refractivity contribution < 1.29 is 14.3 Å². The third-order valence-corrected chi connectivity index (χ3v) is 5.50. The van der Waals surface area contributed by atoms with E-state index in [9.17, 15) is 9.59 Å². The van der Waals surface area contributed by atoms with Crippen molar-refractivity contribution in [2.75, 3.05) is 13.1 Å². The van der Waals surface area contributed by atoms with Gasteiger partial charge in [-0.1, -0.05) is 30.3 Å². The molecule has 5 rings (SSSR count). The molecule has 28 heavy (non-hydrogen) atoms. The number of hydrogen-bond acceptors (Lipinski definition) is 4. The molecular weight excluding hydrogens is 354 g/mol. The van der Waals surface area contributed by atoms with E-state index in [0.717, 1.165) is 5.39 Å². The quantitative estimate of drug-likeness (QED) is 0.712. The summed E-state index contributed by atoms with van der Waals surface area (Å²) in [5, 5.41) is 3.95. The fourth-order valence-electron chi connectivity index (χ4n) is 4.00. The van der Waals surface area contributed by atoms with E-state index >= 15 is 0 Å². The predicted molar refractivity (Wildman–Crippen MR) is 104 cm³/mol. The average molecular weight is 373 g/mol. The number of fused-ring (bicyclic) bond motifs is 2. The molecule has 1 N–H and O–H groups in total. The van der Waals surface area contributed by atoms with Gasteiger partial charge in [0.1, 0.15) is 5.75 Å². The van der Waals surface area contributed by atoms with Crippen LogP contribution in [0, 0.1) is 0 Å². The Morgan fingerprint density at radius 2 is 1.82 bits per heavy atom. The fourth-order valence-corrected chi connectivity index (χ4v) is 4.00. The SMILES string of the molecule is O=C1NC2(CCN(C(=O)c3cccc4cccnc34)CC2)Oc2ccccc21. The summed E-state index contributed by atoms with van der Waals surface area (Å²) in [7, 11) is 0. The van der Waals surface area contributed by atoms with Crippen LogP contribution in [-0.2, 0) is 0 Å². The average Bonchev–Trinajstić information content (AvgIpc) is 2.73. The van der Waals surface area contributed by atoms with Gasteiger partial charge in [0, 0.05) is 37.5 Å². The maximum atomic E-state index is 13.1. The van der Waals surface area contributed by atoms with Gasteiger partial charge in [0.15, 0.2) is 5.72 Å². The van der Waals surface area contributed by atoms with Crippen molar-refractivity contribution in [2.24, 2.45) is 0 Å². The van der Waals surface area contributed by atoms with Crippen LogP contribution < -0.4 is 10.1 Å². The molecule has 0 atom stereocenters. The molecule has 2 amide bonds. The van der Waals surface area contributed by atoms with E-state index < -0.39 is 5.72 Å². The molecule has 1 fully saturated rings. The monoisotopic (exact) mass is 373 g/mol. The van der Waals surface area contributed by atoms with E-state index in [1.165, 1.54) is 0 Å². The number of rotatable bonds is 1. The molecule has 0 radical (unpaired) electrons. The number of carbonyl (C=O) groups is 2. The molecule has 2 aliphatic rings. The first kappa shape index (κ1) is 16.7. The van der Waals surface area contributed by atoms with Crippen LogP contribution in [0.1, 0.15) is 33.6 Å². The van der Waals surface area contributed by atoms with Crippen molar-refractivity contribution in [3.05, 3.63) is 71.9 Å². The summed E-state index contributed by atoms with van der Waals surface area (Å²) < 4.78 is 6.15. The molecule has 3 heterocycles. The number of carbonyl (C=O) groups excluding carboxylic acids is 2. The molecule has 1 spiro atoms. The van der Waals surface area contributed by atoms with Crippen LogP contribution in [0.3, 0.4) is 0 Å². The number of hydrogen-bond donors (Lipinski definition) is 1. The van der Waals surface area contributed by atoms with Crippen molar-refractivity contribution in [3.63, 3.8) is 0 Å². The maximum absolute atomic E-state index is 13.1. The lowest BCUT2D eigenvalue weighted by atomic mass is 9.96. The fraction of sp³-hybridized carbons (Fsp3) is 0.227. The van der Waals surface area contributed by atoms with Crippen LogP contribution in [0.2, 0.25) is 0 Å². The molecular formula is C22H19N3O3. The number of likely N-dealkylation sites (tertiary alicyclic amines) is 1. The first-order chi connectivity index (χ1) is 13.7. The Kier molecular flexibility index (Phi) is 3.79. The molecule has 0 saturated carbocycles. The van der Waals surface area contributed by atoms with Gasteiger partial charge >= 0.3 is 0 Å². The molecule has 0 aliphatic carbocycles. The van der Waals surface area contributed by atoms with Gasteiger partial charge in [-0.05, 0) is 24.3 Å². The summed E-state index contributed by atoms with van der Waals surface area (Å²) in [6, 6.07) is 16.7. The van der Waals surface area contributed by atoms with E-state index in [-0.39, 0.29) is 11.8 Å². The third kappa shape index (κ3) is 2.69. The molecule has 1 saturated heterocycles. The second-order valence-electron chi connectivity index (χ2n) is 7.22. The topological polar surface area (TPSA) is 71.5 Å². The minimum Gasteiger partial charge on any atom is -0.467 e. The number of pyridine rings is 1. The number of nitrogens with zero attached hydrogens (tertiary/aromatic N) is 2. The zero-order chi connectivity index (χ0) is 19.1. The van der Waals surface area contributed by atoms with Crippen molar-refractivity contribution in [1.29, 1.82) is 0 Å². The van der Waals surface area contributed by atoms with E-state index in [4.69, 9.17) is 4.74 Å². The Bertz CT molecular complexity index is 1080. The number of piperidine rings is 1. The van der Waals surface area contributed by atoms with Crippen molar-refractivity contribution in [1.82, 2.24) is 15.2 Å². The van der Waals surface area contributed by atoms with Gasteiger partial charge in [-0.25, -0.2) is 0 Å². The molecule has 0 unspecified atom stereocenters. The lowest BCUT2D eigenvalue weighted by Gasteiger charge is -2.44. The van der Waals surface area contributed by atoms with E-state index in [1.54, 1.807) is 12.3 Å². The van der Waals surface area contributed by atoms with Crippen LogP contribution in [0.15, 0.2) is 60.8 Å². The summed E-state index contributed by atoms with van der Waals surface area (Å²) in [5.74, 6) is 0.436. The van der Waals surface area contributed by atoms with Gasteiger partial charge in [-0.3, -0.25) is 14.6 Å². The van der Waals surface area contributed by atoms with Crippen LogP contribution in [0.4, 0.5) is 0 Å². The van der Waals surface area contributed by atoms with Gasteiger partial charge < -0.3 is 15.0 Å². The highest BCUT2D eigenvalue weighted by atomic mass is 16.5. The Morgan fingerprint density at radius 1 is 1.04 bits per heavy atom. The number of ether oxygens (including phenoxy) is 1. The molecule has 6 heteroatoms. The lowest BCUT2D eigenvalue weighted by Crippen LogP contribution is -2.61. The molecule has 6 nitrogen and oxygen atoms in total. The number of aromatic nitrogens is 1. The third-order valence-electron chi connectivity index (χ3n) is 5.50. The zero-order valence-corrected chi connectivity index (χ0v) is 15.2. The smallest absolute Gasteiger partial charge is 0.258 e. The summed E-state index contributed by atoms with van der Waals surface area (Å²) in [4.78, 5) is 31.8. The highest BCUT2D eigenvalue weighted by Gasteiger charge is 2.43. The number of nitrogens with one attached hydrogen (secondary N) is 1. The zero-order valence-electron chi connectivity index (χ0n) is 15.2. The first-order valence-corrected chi connectivity index (χ1v) is 9.39. The second kappa shape index (κ2) is 6.34. The first-order valence-electron chi connectivity index (χ1n) is 9.39. The van der Waals surface area contributed by atoms with Crippen LogP contribution in [0.5, 0.6) is 5.75 Å². The largest absolute Gasteiger partial charge is 0.467 e. The predicted octanol–water partition coefficient (Wildman–Crippen LogP) is 2.99. The van der Waals surface area contributed by atoms with E-state index in [2.05, 4.69) is 10.3 Å². The van der Waals surface area contributed by atoms with E-state index in [1.807, 2.05) is 53.4 Å². The molecule has 2 aliphatic heterocycles. The van der Waals surface area contributed by atoms with Gasteiger partial charge in [0.05, 0.1) is 16.6 Å². The second-order valence-corrected chi connectivity index (χ2v) is 7.22. The molecule has 1 aromatic heterocycles. The Hall–Kier alpha value is -3.41.